The van der Waals surface area contributed by atoms with E-state index in [9.17, 15) is 4.39 Å². The third kappa shape index (κ3) is 5.97. The van der Waals surface area contributed by atoms with E-state index in [0.29, 0.717) is 12.0 Å². The Labute approximate surface area is 223 Å². The molecule has 0 aliphatic rings. The number of nitrogens with zero attached hydrogens (tertiary/aromatic N) is 4. The maximum absolute atomic E-state index is 14.4. The van der Waals surface area contributed by atoms with Crippen LogP contribution in [0.1, 0.15) is 50.8 Å². The third-order valence-corrected chi connectivity index (χ3v) is 6.60. The van der Waals surface area contributed by atoms with Crippen molar-refractivity contribution in [2.75, 3.05) is 5.32 Å². The Morgan fingerprint density at radius 3 is 2.16 bits per heavy atom. The molecule has 2 heterocycles. The molecule has 5 nitrogen and oxygen atoms in total. The van der Waals surface area contributed by atoms with Gasteiger partial charge in [0.15, 0.2) is 0 Å². The number of nitrogens with one attached hydrogen (secondary N) is 1. The van der Waals surface area contributed by atoms with E-state index in [1.165, 1.54) is 6.20 Å². The van der Waals surface area contributed by atoms with E-state index in [1.54, 1.807) is 6.33 Å². The second-order valence-corrected chi connectivity index (χ2v) is 9.17. The minimum Gasteiger partial charge on any atom is -0.355 e. The predicted octanol–water partition coefficient (Wildman–Crippen LogP) is 5.76. The van der Waals surface area contributed by atoms with Gasteiger partial charge in [0.1, 0.15) is 5.35 Å². The first-order valence-electron chi connectivity index (χ1n) is 12.9. The lowest BCUT2D eigenvalue weighted by molar-refractivity contribution is 0.569. The lowest BCUT2D eigenvalue weighted by Crippen LogP contribution is -2.31. The van der Waals surface area contributed by atoms with Crippen LogP contribution in [0.25, 0.3) is 11.8 Å². The maximum atomic E-state index is 14.4. The summed E-state index contributed by atoms with van der Waals surface area (Å²) in [5.41, 5.74) is 7.10. The molecule has 6 heteroatoms. The standard InChI is InChI=1S/C32H34FN5/c1-6-22(3)28(37-27-18-19-34-32(33)26(27)7-2)20-29-30(35-21-38(29)5)23(4)36-31(24-14-10-8-11-15-24)25-16-12-9-13-17-25/h8-21H,6-7H2,1-5H3,(H,34,37)/b28-22-,29-20+,30-23-. The van der Waals surface area contributed by atoms with Crippen LogP contribution < -0.4 is 16.0 Å². The van der Waals surface area contributed by atoms with Crippen molar-refractivity contribution in [1.29, 1.82) is 0 Å². The Kier molecular flexibility index (Phi) is 8.64. The van der Waals surface area contributed by atoms with Crippen LogP contribution in [0.2, 0.25) is 0 Å². The molecule has 194 valence electrons. The summed E-state index contributed by atoms with van der Waals surface area (Å²) in [5, 5.41) is 5.17. The van der Waals surface area contributed by atoms with Crippen LogP contribution in [0.3, 0.4) is 0 Å². The molecule has 4 rings (SSSR count). The van der Waals surface area contributed by atoms with Gasteiger partial charge in [-0.05, 0) is 44.4 Å². The van der Waals surface area contributed by atoms with E-state index in [-0.39, 0.29) is 0 Å². The van der Waals surface area contributed by atoms with Gasteiger partial charge in [-0.15, -0.1) is 0 Å². The van der Waals surface area contributed by atoms with E-state index < -0.39 is 5.95 Å². The zero-order chi connectivity index (χ0) is 27.1. The fourth-order valence-corrected chi connectivity index (χ4v) is 4.26. The minimum absolute atomic E-state index is 0.444. The highest BCUT2D eigenvalue weighted by Gasteiger charge is 2.11. The van der Waals surface area contributed by atoms with Crippen LogP contribution in [-0.4, -0.2) is 20.2 Å². The molecule has 38 heavy (non-hydrogen) atoms. The molecule has 0 amide bonds. The summed E-state index contributed by atoms with van der Waals surface area (Å²) in [6, 6.07) is 22.2. The van der Waals surface area contributed by atoms with Crippen molar-refractivity contribution >= 4 is 23.2 Å². The van der Waals surface area contributed by atoms with Crippen molar-refractivity contribution in [1.82, 2.24) is 14.5 Å². The summed E-state index contributed by atoms with van der Waals surface area (Å²) >= 11 is 0. The Hall–Kier alpha value is -4.32. The maximum Gasteiger partial charge on any atom is 0.218 e. The average molecular weight is 508 g/mol. The molecule has 4 aromatic rings. The van der Waals surface area contributed by atoms with Gasteiger partial charge in [0.25, 0.3) is 0 Å². The number of allylic oxidation sites excluding steroid dienone is 2. The second kappa shape index (κ2) is 12.3. The highest BCUT2D eigenvalue weighted by molar-refractivity contribution is 6.14. The molecule has 0 atom stereocenters. The summed E-state index contributed by atoms with van der Waals surface area (Å²) in [5.74, 6) is -0.444. The van der Waals surface area contributed by atoms with E-state index in [0.717, 1.165) is 56.6 Å². The van der Waals surface area contributed by atoms with Gasteiger partial charge in [0.2, 0.25) is 5.95 Å². The van der Waals surface area contributed by atoms with Crippen LogP contribution in [-0.2, 0) is 13.5 Å². The van der Waals surface area contributed by atoms with Crippen LogP contribution in [0, 0.1) is 5.95 Å². The monoisotopic (exact) mass is 507 g/mol. The van der Waals surface area contributed by atoms with Crippen molar-refractivity contribution in [3.63, 3.8) is 0 Å². The lowest BCUT2D eigenvalue weighted by Gasteiger charge is -2.14. The largest absolute Gasteiger partial charge is 0.355 e. The number of imidazole rings is 1. The molecule has 0 saturated carbocycles. The molecule has 0 fully saturated rings. The van der Waals surface area contributed by atoms with Crippen molar-refractivity contribution < 1.29 is 4.39 Å². The van der Waals surface area contributed by atoms with Crippen molar-refractivity contribution in [3.05, 3.63) is 124 Å². The molecular weight excluding hydrogens is 473 g/mol. The number of halogens is 1. The van der Waals surface area contributed by atoms with Gasteiger partial charge in [-0.1, -0.05) is 74.5 Å². The molecule has 0 radical (unpaired) electrons. The number of aromatic nitrogens is 3. The van der Waals surface area contributed by atoms with E-state index in [2.05, 4.69) is 54.5 Å². The number of benzene rings is 2. The first-order chi connectivity index (χ1) is 18.4. The van der Waals surface area contributed by atoms with Gasteiger partial charge in [0, 0.05) is 41.3 Å². The summed E-state index contributed by atoms with van der Waals surface area (Å²) in [7, 11) is 1.97. The quantitative estimate of drug-likeness (QED) is 0.244. The van der Waals surface area contributed by atoms with Crippen LogP contribution >= 0.6 is 0 Å². The fraction of sp³-hybridized carbons (Fsp3) is 0.219. The zero-order valence-electron chi connectivity index (χ0n) is 22.7. The highest BCUT2D eigenvalue weighted by atomic mass is 19.1. The second-order valence-electron chi connectivity index (χ2n) is 9.17. The topological polar surface area (TPSA) is 55.1 Å². The number of anilines is 1. The van der Waals surface area contributed by atoms with Crippen LogP contribution in [0.4, 0.5) is 10.1 Å². The number of hydrogen-bond acceptors (Lipinski definition) is 4. The fourth-order valence-electron chi connectivity index (χ4n) is 4.26. The molecule has 0 spiro atoms. The number of rotatable bonds is 8. The normalized spacial score (nSPS) is 13.2. The van der Waals surface area contributed by atoms with Crippen molar-refractivity contribution in [2.24, 2.45) is 12.0 Å². The SMILES string of the molecule is CC/C(C)=C(/C=c1\c(=C(/C)N=C(c2ccccc2)c2ccccc2)ncn1C)Nc1ccnc(F)c1CC. The van der Waals surface area contributed by atoms with E-state index in [1.807, 2.05) is 67.9 Å². The summed E-state index contributed by atoms with van der Waals surface area (Å²) in [6.07, 6.45) is 6.75. The molecule has 0 saturated heterocycles. The van der Waals surface area contributed by atoms with Crippen LogP contribution in [0.15, 0.2) is 95.5 Å². The van der Waals surface area contributed by atoms with Crippen molar-refractivity contribution in [2.45, 2.75) is 40.5 Å². The molecule has 2 aromatic carbocycles. The first kappa shape index (κ1) is 26.7. The first-order valence-corrected chi connectivity index (χ1v) is 12.9. The molecular formula is C32H34FN5. The van der Waals surface area contributed by atoms with Gasteiger partial charge in [-0.3, -0.25) is 4.99 Å². The molecule has 0 bridgehead atoms. The Bertz CT molecular complexity index is 1540. The Balaban J connectivity index is 1.90. The van der Waals surface area contributed by atoms with E-state index in [4.69, 9.17) is 9.98 Å². The molecule has 0 unspecified atom stereocenters. The molecule has 2 aromatic heterocycles. The van der Waals surface area contributed by atoms with Crippen LogP contribution in [0.5, 0.6) is 0 Å². The number of pyridine rings is 1. The van der Waals surface area contributed by atoms with Gasteiger partial charge >= 0.3 is 0 Å². The summed E-state index contributed by atoms with van der Waals surface area (Å²) in [6.45, 7) is 8.10. The van der Waals surface area contributed by atoms with E-state index >= 15 is 0 Å². The lowest BCUT2D eigenvalue weighted by atomic mass is 10.0. The molecule has 1 N–H and O–H groups in total. The van der Waals surface area contributed by atoms with Gasteiger partial charge in [-0.2, -0.15) is 4.39 Å². The molecule has 0 aliphatic carbocycles. The van der Waals surface area contributed by atoms with Gasteiger partial charge < -0.3 is 9.88 Å². The van der Waals surface area contributed by atoms with Gasteiger partial charge in [0.05, 0.1) is 23.1 Å². The summed E-state index contributed by atoms with van der Waals surface area (Å²) < 4.78 is 16.4. The van der Waals surface area contributed by atoms with Crippen molar-refractivity contribution in [3.8, 4) is 0 Å². The predicted molar refractivity (Wildman–Crippen MR) is 155 cm³/mol. The number of hydrogen-bond donors (Lipinski definition) is 1. The number of aryl methyl sites for hydroxylation is 1. The Morgan fingerprint density at radius 2 is 1.58 bits per heavy atom. The van der Waals surface area contributed by atoms with Gasteiger partial charge in [-0.25, -0.2) is 9.97 Å². The third-order valence-electron chi connectivity index (χ3n) is 6.60. The number of aliphatic imine (C=N–C) groups is 1. The molecule has 0 aliphatic heterocycles. The smallest absolute Gasteiger partial charge is 0.218 e. The average Bonchev–Trinajstić information content (AvgIpc) is 3.31. The summed E-state index contributed by atoms with van der Waals surface area (Å²) in [4.78, 5) is 13.6. The minimum atomic E-state index is -0.444. The Morgan fingerprint density at radius 1 is 0.947 bits per heavy atom. The highest BCUT2D eigenvalue weighted by Crippen LogP contribution is 2.22. The zero-order valence-corrected chi connectivity index (χ0v) is 22.7.